The second kappa shape index (κ2) is 3.77. The van der Waals surface area contributed by atoms with Gasteiger partial charge in [-0.1, -0.05) is 0 Å². The minimum Gasteiger partial charge on any atom is -0.500 e. The predicted octanol–water partition coefficient (Wildman–Crippen LogP) is 0.319. The average molecular weight is 166 g/mol. The highest BCUT2D eigenvalue weighted by Gasteiger charge is 2.15. The summed E-state index contributed by atoms with van der Waals surface area (Å²) in [6.07, 6.45) is 2.07. The number of ether oxygens (including phenoxy) is 1. The van der Waals surface area contributed by atoms with Gasteiger partial charge < -0.3 is 10.1 Å². The van der Waals surface area contributed by atoms with Gasteiger partial charge in [-0.05, 0) is 6.92 Å². The summed E-state index contributed by atoms with van der Waals surface area (Å²) in [6.45, 7) is 2.19. The molecule has 0 spiro atoms. The highest BCUT2D eigenvalue weighted by Crippen LogP contribution is 2.09. The van der Waals surface area contributed by atoms with Gasteiger partial charge in [0.25, 0.3) is 5.91 Å². The van der Waals surface area contributed by atoms with Crippen molar-refractivity contribution in [3.05, 3.63) is 11.8 Å². The highest BCUT2D eigenvalue weighted by atomic mass is 16.5. The van der Waals surface area contributed by atoms with Gasteiger partial charge in [-0.15, -0.1) is 0 Å². The number of carbonyl (C=O) groups is 1. The van der Waals surface area contributed by atoms with Crippen LogP contribution >= 0.6 is 0 Å². The first kappa shape index (κ1) is 8.60. The molecule has 0 bridgehead atoms. The summed E-state index contributed by atoms with van der Waals surface area (Å²) in [5.74, 6) is -0.207. The van der Waals surface area contributed by atoms with Gasteiger partial charge in [0.15, 0.2) is 0 Å². The Kier molecular flexibility index (Phi) is 2.70. The molecule has 1 N–H and O–H groups in total. The Bertz CT molecular complexity index is 252. The minimum atomic E-state index is -0.445. The van der Waals surface area contributed by atoms with Crippen LogP contribution in [0.1, 0.15) is 13.3 Å². The number of carbonyl (C=O) groups excluding carboxylic acids is 1. The third-order valence-corrected chi connectivity index (χ3v) is 1.55. The smallest absolute Gasteiger partial charge is 0.251 e. The van der Waals surface area contributed by atoms with Crippen LogP contribution in [0.3, 0.4) is 0 Å². The number of nitriles is 1. The van der Waals surface area contributed by atoms with Crippen molar-refractivity contribution >= 4 is 5.91 Å². The molecule has 0 fully saturated rings. The predicted molar refractivity (Wildman–Crippen MR) is 41.9 cm³/mol. The topological polar surface area (TPSA) is 62.1 Å². The Labute approximate surface area is 70.8 Å². The van der Waals surface area contributed by atoms with Crippen LogP contribution in [0.25, 0.3) is 0 Å². The van der Waals surface area contributed by atoms with E-state index in [1.807, 2.05) is 6.07 Å². The van der Waals surface area contributed by atoms with E-state index in [9.17, 15) is 4.79 Å². The molecule has 0 aromatic rings. The number of amides is 1. The highest BCUT2D eigenvalue weighted by molar-refractivity contribution is 5.93. The number of nitrogens with zero attached hydrogens (tertiary/aromatic N) is 1. The molecule has 1 aliphatic rings. The summed E-state index contributed by atoms with van der Waals surface area (Å²) in [7, 11) is 0. The van der Waals surface area contributed by atoms with Crippen LogP contribution in [-0.2, 0) is 9.53 Å². The lowest BCUT2D eigenvalue weighted by Crippen LogP contribution is -2.32. The van der Waals surface area contributed by atoms with Crippen LogP contribution < -0.4 is 5.32 Å². The Hall–Kier alpha value is -1.50. The fourth-order valence-corrected chi connectivity index (χ4v) is 0.876. The molecule has 1 atom stereocenters. The Morgan fingerprint density at radius 1 is 1.92 bits per heavy atom. The Balaban J connectivity index is 2.44. The van der Waals surface area contributed by atoms with E-state index in [-0.39, 0.29) is 5.91 Å². The largest absolute Gasteiger partial charge is 0.500 e. The summed E-state index contributed by atoms with van der Waals surface area (Å²) in [5.41, 5.74) is 0.608. The number of nitrogens with one attached hydrogen (secondary N) is 1. The van der Waals surface area contributed by atoms with Gasteiger partial charge in [-0.3, -0.25) is 4.79 Å². The summed E-state index contributed by atoms with van der Waals surface area (Å²) >= 11 is 0. The van der Waals surface area contributed by atoms with Gasteiger partial charge in [0.05, 0.1) is 24.5 Å². The van der Waals surface area contributed by atoms with E-state index in [1.54, 1.807) is 6.92 Å². The van der Waals surface area contributed by atoms with Crippen LogP contribution in [0.5, 0.6) is 0 Å². The summed E-state index contributed by atoms with van der Waals surface area (Å²) in [4.78, 5) is 11.2. The molecule has 0 saturated heterocycles. The zero-order valence-corrected chi connectivity index (χ0v) is 6.83. The Morgan fingerprint density at radius 2 is 2.67 bits per heavy atom. The van der Waals surface area contributed by atoms with Crippen molar-refractivity contribution in [3.63, 3.8) is 0 Å². The molecule has 4 nitrogen and oxygen atoms in total. The molecule has 0 aliphatic carbocycles. The first-order valence-corrected chi connectivity index (χ1v) is 3.75. The lowest BCUT2D eigenvalue weighted by atomic mass is 10.2. The van der Waals surface area contributed by atoms with Crippen molar-refractivity contribution in [3.8, 4) is 6.07 Å². The minimum absolute atomic E-state index is 0.207. The summed E-state index contributed by atoms with van der Waals surface area (Å²) in [6, 6.07) is 1.47. The third kappa shape index (κ3) is 1.99. The van der Waals surface area contributed by atoms with E-state index in [0.29, 0.717) is 18.6 Å². The fraction of sp³-hybridized carbons (Fsp3) is 0.500. The second-order valence-electron chi connectivity index (χ2n) is 2.59. The molecule has 1 heterocycles. The molecule has 0 aromatic carbocycles. The summed E-state index contributed by atoms with van der Waals surface area (Å²) < 4.78 is 4.89. The molecule has 1 rings (SSSR count). The molecule has 1 unspecified atom stereocenters. The molecular weight excluding hydrogens is 156 g/mol. The third-order valence-electron chi connectivity index (χ3n) is 1.55. The molecule has 1 amide bonds. The van der Waals surface area contributed by atoms with Gasteiger partial charge in [0.2, 0.25) is 0 Å². The lowest BCUT2D eigenvalue weighted by Gasteiger charge is -2.04. The van der Waals surface area contributed by atoms with Crippen molar-refractivity contribution in [1.29, 1.82) is 5.26 Å². The van der Waals surface area contributed by atoms with Crippen LogP contribution in [0.4, 0.5) is 0 Å². The molecular formula is C8H10N2O2. The van der Waals surface area contributed by atoms with E-state index >= 15 is 0 Å². The standard InChI is InChI=1S/C8H10N2O2/c1-6(4-9)10-8(11)7-2-3-12-5-7/h5-6H,2-3H2,1H3,(H,10,11). The van der Waals surface area contributed by atoms with Crippen molar-refractivity contribution in [1.82, 2.24) is 5.32 Å². The number of hydrogen-bond acceptors (Lipinski definition) is 3. The van der Waals surface area contributed by atoms with E-state index in [2.05, 4.69) is 5.32 Å². The zero-order chi connectivity index (χ0) is 8.97. The molecule has 0 radical (unpaired) electrons. The van der Waals surface area contributed by atoms with Crippen molar-refractivity contribution in [2.45, 2.75) is 19.4 Å². The molecule has 12 heavy (non-hydrogen) atoms. The average Bonchev–Trinajstić information content (AvgIpc) is 2.56. The molecule has 4 heteroatoms. The molecule has 0 saturated carbocycles. The maximum absolute atomic E-state index is 11.2. The number of rotatable bonds is 2. The maximum atomic E-state index is 11.2. The number of hydrogen-bond donors (Lipinski definition) is 1. The first-order chi connectivity index (χ1) is 5.74. The monoisotopic (exact) mass is 166 g/mol. The second-order valence-corrected chi connectivity index (χ2v) is 2.59. The lowest BCUT2D eigenvalue weighted by molar-refractivity contribution is -0.117. The van der Waals surface area contributed by atoms with Crippen LogP contribution in [0.15, 0.2) is 11.8 Å². The van der Waals surface area contributed by atoms with Crippen LogP contribution in [-0.4, -0.2) is 18.6 Å². The van der Waals surface area contributed by atoms with Crippen LogP contribution in [0, 0.1) is 11.3 Å². The van der Waals surface area contributed by atoms with Crippen LogP contribution in [0.2, 0.25) is 0 Å². The SMILES string of the molecule is CC(C#N)NC(=O)C1=COCC1. The maximum Gasteiger partial charge on any atom is 0.251 e. The van der Waals surface area contributed by atoms with Gasteiger partial charge in [0.1, 0.15) is 6.04 Å². The quantitative estimate of drug-likeness (QED) is 0.642. The van der Waals surface area contributed by atoms with E-state index in [0.717, 1.165) is 0 Å². The fourth-order valence-electron chi connectivity index (χ4n) is 0.876. The first-order valence-electron chi connectivity index (χ1n) is 3.75. The van der Waals surface area contributed by atoms with Crippen molar-refractivity contribution < 1.29 is 9.53 Å². The molecule has 64 valence electrons. The molecule has 1 aliphatic heterocycles. The molecule has 0 aromatic heterocycles. The van der Waals surface area contributed by atoms with E-state index < -0.39 is 6.04 Å². The zero-order valence-electron chi connectivity index (χ0n) is 6.83. The van der Waals surface area contributed by atoms with Gasteiger partial charge in [-0.25, -0.2) is 0 Å². The normalized spacial score (nSPS) is 17.2. The van der Waals surface area contributed by atoms with Gasteiger partial charge >= 0.3 is 0 Å². The van der Waals surface area contributed by atoms with Gasteiger partial charge in [-0.2, -0.15) is 5.26 Å². The van der Waals surface area contributed by atoms with Crippen molar-refractivity contribution in [2.75, 3.05) is 6.61 Å². The van der Waals surface area contributed by atoms with Crippen molar-refractivity contribution in [2.24, 2.45) is 0 Å². The Morgan fingerprint density at radius 3 is 3.17 bits per heavy atom. The van der Waals surface area contributed by atoms with E-state index in [4.69, 9.17) is 10.00 Å². The van der Waals surface area contributed by atoms with Gasteiger partial charge in [0, 0.05) is 6.42 Å². The summed E-state index contributed by atoms with van der Waals surface area (Å²) in [5, 5.41) is 10.9. The van der Waals surface area contributed by atoms with E-state index in [1.165, 1.54) is 6.26 Å².